The number of halogens is 6. The van der Waals surface area contributed by atoms with Gasteiger partial charge in [-0.2, -0.15) is 26.3 Å². The molecule has 0 fully saturated rings. The second-order valence-corrected chi connectivity index (χ2v) is 25.4. The predicted octanol–water partition coefficient (Wildman–Crippen LogP) is 22.0. The third kappa shape index (κ3) is 24.1. The van der Waals surface area contributed by atoms with Gasteiger partial charge in [0.25, 0.3) is 0 Å². The first-order chi connectivity index (χ1) is 49.4. The minimum Gasteiger partial charge on any atom is -0.478 e. The third-order valence-corrected chi connectivity index (χ3v) is 15.9. The van der Waals surface area contributed by atoms with Gasteiger partial charge in [0.1, 0.15) is 0 Å². The summed E-state index contributed by atoms with van der Waals surface area (Å²) in [7, 11) is 0. The molecule has 0 radical (unpaired) electrons. The number of ether oxygens (including phenoxy) is 1. The highest BCUT2D eigenvalue weighted by Gasteiger charge is 2.35. The lowest BCUT2D eigenvalue weighted by Gasteiger charge is -2.40. The maximum absolute atomic E-state index is 12.9. The highest BCUT2D eigenvalue weighted by atomic mass is 19.4. The van der Waals surface area contributed by atoms with E-state index >= 15 is 0 Å². The molecule has 1 heterocycles. The van der Waals surface area contributed by atoms with E-state index in [0.29, 0.717) is 33.9 Å². The van der Waals surface area contributed by atoms with Crippen molar-refractivity contribution in [2.24, 2.45) is 0 Å². The fraction of sp³-hybridized carbons (Fsp3) is 0.140. The Hall–Kier alpha value is -12.5. The Labute approximate surface area is 602 Å². The quantitative estimate of drug-likeness (QED) is 0.0626. The standard InChI is InChI=1S/C16H20O3.2C14H9F3O2.3C14H12O2/c1-15(2)9-13(10-16(3,4)19-15)11-5-7-12(8-6-11)14(17)18;15-14(16,17)12-7-2-1-6-11(12)9-4-3-5-10(8-9)13(18)19;15-14(16,17)12-7-10(6-11(8-12)13(18)19)9-4-2-1-3-5-9;1-10-4-2-5-11(8-10)12-6-3-7-13(9-12)14(15)16;2*1-10-5-7-11(8-6-10)12-3-2-4-13(9-12)14(15)16/h5-9H,10H2,1-4H3,(H,17,18);2*1-8H,(H,18,19);3*2-9H,1H3,(H,15,16). The van der Waals surface area contributed by atoms with Gasteiger partial charge in [-0.1, -0.05) is 199 Å². The van der Waals surface area contributed by atoms with Gasteiger partial charge in [-0.15, -0.1) is 0 Å². The summed E-state index contributed by atoms with van der Waals surface area (Å²) in [4.78, 5) is 65.1. The smallest absolute Gasteiger partial charge is 0.417 e. The Morgan fingerprint density at radius 2 is 0.667 bits per heavy atom. The van der Waals surface area contributed by atoms with Crippen molar-refractivity contribution in [2.75, 3.05) is 0 Å². The zero-order valence-corrected chi connectivity index (χ0v) is 58.0. The van der Waals surface area contributed by atoms with E-state index in [0.717, 1.165) is 57.5 Å². The molecule has 0 bridgehead atoms. The summed E-state index contributed by atoms with van der Waals surface area (Å²) in [6.07, 6.45) is -6.11. The monoisotopic (exact) mass is 1430 g/mol. The molecule has 1 aliphatic heterocycles. The van der Waals surface area contributed by atoms with Crippen LogP contribution in [-0.4, -0.2) is 77.7 Å². The normalized spacial score (nSPS) is 12.4. The fourth-order valence-electron chi connectivity index (χ4n) is 11.0. The van der Waals surface area contributed by atoms with Crippen LogP contribution in [0.3, 0.4) is 0 Å². The van der Waals surface area contributed by atoms with Crippen molar-refractivity contribution < 1.29 is 90.5 Å². The predicted molar refractivity (Wildman–Crippen MR) is 394 cm³/mol. The van der Waals surface area contributed by atoms with Gasteiger partial charge in [-0.25, -0.2) is 28.8 Å². The second-order valence-electron chi connectivity index (χ2n) is 25.4. The molecule has 0 saturated carbocycles. The molecule has 0 aliphatic carbocycles. The van der Waals surface area contributed by atoms with Crippen LogP contribution in [0, 0.1) is 20.8 Å². The first-order valence-electron chi connectivity index (χ1n) is 32.4. The molecule has 1 aliphatic rings. The van der Waals surface area contributed by atoms with Crippen molar-refractivity contribution in [2.45, 2.75) is 78.4 Å². The first-order valence-corrected chi connectivity index (χ1v) is 32.4. The topological polar surface area (TPSA) is 233 Å². The molecular formula is C86H74F6O13. The fourth-order valence-corrected chi connectivity index (χ4v) is 11.0. The van der Waals surface area contributed by atoms with Crippen molar-refractivity contribution >= 4 is 41.4 Å². The van der Waals surface area contributed by atoms with Gasteiger partial charge in [-0.3, -0.25) is 0 Å². The van der Waals surface area contributed by atoms with Gasteiger partial charge in [0.05, 0.1) is 55.7 Å². The Morgan fingerprint density at radius 1 is 0.314 bits per heavy atom. The second kappa shape index (κ2) is 35.4. The molecule has 0 spiro atoms. The van der Waals surface area contributed by atoms with Crippen LogP contribution in [0.5, 0.6) is 0 Å². The molecular weight excluding hydrogens is 1350 g/mol. The van der Waals surface area contributed by atoms with Crippen LogP contribution in [0.4, 0.5) is 26.3 Å². The average Bonchev–Trinajstić information content (AvgIpc) is 0.765. The zero-order valence-electron chi connectivity index (χ0n) is 58.0. The number of carbonyl (C=O) groups is 6. The number of hydrogen-bond acceptors (Lipinski definition) is 7. The van der Waals surface area contributed by atoms with Gasteiger partial charge in [-0.05, 0) is 206 Å². The number of hydrogen-bond donors (Lipinski definition) is 6. The van der Waals surface area contributed by atoms with E-state index in [9.17, 15) is 55.1 Å². The Morgan fingerprint density at radius 3 is 1.08 bits per heavy atom. The molecule has 11 aromatic rings. The van der Waals surface area contributed by atoms with Crippen molar-refractivity contribution in [1.29, 1.82) is 0 Å². The zero-order chi connectivity index (χ0) is 77.0. The largest absolute Gasteiger partial charge is 0.478 e. The number of alkyl halides is 6. The van der Waals surface area contributed by atoms with Gasteiger partial charge >= 0.3 is 48.2 Å². The van der Waals surface area contributed by atoms with E-state index in [1.807, 2.05) is 138 Å². The van der Waals surface area contributed by atoms with Crippen LogP contribution in [-0.2, 0) is 17.1 Å². The summed E-state index contributed by atoms with van der Waals surface area (Å²) >= 11 is 0. The molecule has 0 unspecified atom stereocenters. The van der Waals surface area contributed by atoms with Crippen molar-refractivity contribution in [3.8, 4) is 55.6 Å². The Balaban J connectivity index is 0.000000176. The van der Waals surface area contributed by atoms with Gasteiger partial charge in [0.15, 0.2) is 0 Å². The summed E-state index contributed by atoms with van der Waals surface area (Å²) in [5.74, 6) is -6.14. The summed E-state index contributed by atoms with van der Waals surface area (Å²) < 4.78 is 82.8. The summed E-state index contributed by atoms with van der Waals surface area (Å²) in [6, 6.07) is 73.7. The maximum Gasteiger partial charge on any atom is 0.417 e. The average molecular weight is 1430 g/mol. The first kappa shape index (κ1) is 79.8. The number of carboxylic acids is 6. The molecule has 13 nitrogen and oxygen atoms in total. The highest BCUT2D eigenvalue weighted by molar-refractivity contribution is 5.93. The lowest BCUT2D eigenvalue weighted by atomic mass is 9.86. The maximum atomic E-state index is 12.9. The van der Waals surface area contributed by atoms with Gasteiger partial charge in [0, 0.05) is 6.42 Å². The van der Waals surface area contributed by atoms with Crippen molar-refractivity contribution in [1.82, 2.24) is 0 Å². The molecule has 538 valence electrons. The molecule has 0 atom stereocenters. The molecule has 0 aromatic heterocycles. The molecule has 6 N–H and O–H groups in total. The number of aryl methyl sites for hydroxylation is 3. The summed E-state index contributed by atoms with van der Waals surface area (Å²) in [5.41, 5.74) is 11.3. The molecule has 11 aromatic carbocycles. The molecule has 105 heavy (non-hydrogen) atoms. The van der Waals surface area contributed by atoms with E-state index in [4.69, 9.17) is 35.4 Å². The number of aromatic carboxylic acids is 6. The lowest BCUT2D eigenvalue weighted by molar-refractivity contribution is -0.138. The van der Waals surface area contributed by atoms with E-state index in [-0.39, 0.29) is 39.0 Å². The third-order valence-electron chi connectivity index (χ3n) is 15.9. The van der Waals surface area contributed by atoms with Crippen LogP contribution < -0.4 is 0 Å². The van der Waals surface area contributed by atoms with Crippen molar-refractivity contribution in [3.05, 3.63) is 340 Å². The number of rotatable bonds is 12. The Bertz CT molecular complexity index is 4810. The minimum atomic E-state index is -4.57. The van der Waals surface area contributed by atoms with E-state index in [1.54, 1.807) is 97.1 Å². The molecule has 12 rings (SSSR count). The van der Waals surface area contributed by atoms with Crippen LogP contribution >= 0.6 is 0 Å². The van der Waals surface area contributed by atoms with Crippen LogP contribution in [0.15, 0.2) is 273 Å². The molecule has 19 heteroatoms. The minimum absolute atomic E-state index is 0.0295. The van der Waals surface area contributed by atoms with Crippen molar-refractivity contribution in [3.63, 3.8) is 0 Å². The summed E-state index contributed by atoms with van der Waals surface area (Å²) in [6.45, 7) is 14.3. The Kier molecular flexibility index (Phi) is 26.9. The number of carboxylic acid groups (broad SMARTS) is 6. The van der Waals surface area contributed by atoms with Gasteiger partial charge < -0.3 is 35.4 Å². The highest BCUT2D eigenvalue weighted by Crippen LogP contribution is 2.40. The van der Waals surface area contributed by atoms with Crippen LogP contribution in [0.25, 0.3) is 61.2 Å². The summed E-state index contributed by atoms with van der Waals surface area (Å²) in [5, 5.41) is 53.4. The van der Waals surface area contributed by atoms with E-state index in [2.05, 4.69) is 19.9 Å². The van der Waals surface area contributed by atoms with E-state index in [1.165, 1.54) is 70.8 Å². The molecule has 0 amide bonds. The van der Waals surface area contributed by atoms with E-state index < -0.39 is 59.3 Å². The van der Waals surface area contributed by atoms with Gasteiger partial charge in [0.2, 0.25) is 0 Å². The van der Waals surface area contributed by atoms with Crippen LogP contribution in [0.2, 0.25) is 0 Å². The van der Waals surface area contributed by atoms with Crippen LogP contribution in [0.1, 0.15) is 130 Å². The molecule has 0 saturated heterocycles. The SMILES string of the molecule is CC1(C)C=C(c2ccc(C(=O)O)cc2)CC(C)(C)O1.Cc1ccc(-c2cccc(C(=O)O)c2)cc1.Cc1ccc(-c2cccc(C(=O)O)c2)cc1.Cc1cccc(-c2cccc(C(=O)O)c2)c1.O=C(O)c1cc(-c2ccccc2)cc(C(F)(F)F)c1.O=C(O)c1cccc(-c2ccccc2C(F)(F)F)c1. The number of benzene rings is 11. The lowest BCUT2D eigenvalue weighted by Crippen LogP contribution is -2.39.